The first-order chi connectivity index (χ1) is 7.95. The van der Waals surface area contributed by atoms with E-state index in [2.05, 4.69) is 10.3 Å². The maximum atomic E-state index is 4.26. The molecule has 4 heteroatoms. The van der Waals surface area contributed by atoms with E-state index >= 15 is 0 Å². The van der Waals surface area contributed by atoms with Crippen molar-refractivity contribution in [2.24, 2.45) is 5.92 Å². The SMILES string of the molecule is c1csc(SCCNCC2CCCCC2)n1. The minimum absolute atomic E-state index is 0.943. The van der Waals surface area contributed by atoms with Crippen LogP contribution < -0.4 is 5.32 Å². The highest BCUT2D eigenvalue weighted by molar-refractivity contribution is 8.01. The van der Waals surface area contributed by atoms with Crippen molar-refractivity contribution < 1.29 is 0 Å². The van der Waals surface area contributed by atoms with Gasteiger partial charge in [-0.2, -0.15) is 0 Å². The normalized spacial score (nSPS) is 17.8. The topological polar surface area (TPSA) is 24.9 Å². The van der Waals surface area contributed by atoms with Gasteiger partial charge in [0.25, 0.3) is 0 Å². The molecule has 0 amide bonds. The van der Waals surface area contributed by atoms with E-state index in [1.54, 1.807) is 11.3 Å². The molecule has 1 fully saturated rings. The molecule has 0 spiro atoms. The number of rotatable bonds is 6. The standard InChI is InChI=1S/C12H20N2S2/c1-2-4-11(5-3-1)10-13-6-8-15-12-14-7-9-16-12/h7,9,11,13H,1-6,8,10H2. The maximum Gasteiger partial charge on any atom is 0.149 e. The predicted octanol–water partition coefficient (Wildman–Crippen LogP) is 3.41. The van der Waals surface area contributed by atoms with Crippen LogP contribution in [0.3, 0.4) is 0 Å². The summed E-state index contributed by atoms with van der Waals surface area (Å²) in [7, 11) is 0. The number of thiazole rings is 1. The van der Waals surface area contributed by atoms with E-state index in [-0.39, 0.29) is 0 Å². The summed E-state index contributed by atoms with van der Waals surface area (Å²) in [5, 5.41) is 5.61. The molecule has 0 radical (unpaired) electrons. The predicted molar refractivity (Wildman–Crippen MR) is 72.3 cm³/mol. The molecule has 1 N–H and O–H groups in total. The van der Waals surface area contributed by atoms with Crippen LogP contribution in [-0.4, -0.2) is 23.8 Å². The summed E-state index contributed by atoms with van der Waals surface area (Å²) in [5.41, 5.74) is 0. The van der Waals surface area contributed by atoms with Crippen LogP contribution >= 0.6 is 23.1 Å². The monoisotopic (exact) mass is 256 g/mol. The zero-order valence-electron chi connectivity index (χ0n) is 9.65. The molecule has 2 nitrogen and oxygen atoms in total. The van der Waals surface area contributed by atoms with Gasteiger partial charge in [0.15, 0.2) is 0 Å². The van der Waals surface area contributed by atoms with E-state index in [4.69, 9.17) is 0 Å². The lowest BCUT2D eigenvalue weighted by atomic mass is 9.89. The number of hydrogen-bond donors (Lipinski definition) is 1. The van der Waals surface area contributed by atoms with E-state index in [0.717, 1.165) is 18.2 Å². The van der Waals surface area contributed by atoms with Gasteiger partial charge < -0.3 is 5.32 Å². The van der Waals surface area contributed by atoms with Crippen molar-refractivity contribution in [1.29, 1.82) is 0 Å². The van der Waals surface area contributed by atoms with E-state index < -0.39 is 0 Å². The molecular formula is C12H20N2S2. The van der Waals surface area contributed by atoms with Gasteiger partial charge in [0.2, 0.25) is 0 Å². The summed E-state index contributed by atoms with van der Waals surface area (Å²) in [5.74, 6) is 2.08. The second-order valence-corrected chi connectivity index (χ2v) is 6.59. The van der Waals surface area contributed by atoms with Gasteiger partial charge in [-0.1, -0.05) is 31.0 Å². The highest BCUT2D eigenvalue weighted by atomic mass is 32.2. The molecule has 0 bridgehead atoms. The van der Waals surface area contributed by atoms with Crippen LogP contribution in [-0.2, 0) is 0 Å². The highest BCUT2D eigenvalue weighted by Crippen LogP contribution is 2.23. The Labute approximate surface area is 106 Å². The van der Waals surface area contributed by atoms with Crippen molar-refractivity contribution in [2.75, 3.05) is 18.8 Å². The van der Waals surface area contributed by atoms with Crippen LogP contribution in [0.25, 0.3) is 0 Å². The zero-order valence-corrected chi connectivity index (χ0v) is 11.3. The zero-order chi connectivity index (χ0) is 11.1. The van der Waals surface area contributed by atoms with Gasteiger partial charge in [-0.05, 0) is 25.3 Å². The van der Waals surface area contributed by atoms with Gasteiger partial charge >= 0.3 is 0 Å². The van der Waals surface area contributed by atoms with Crippen molar-refractivity contribution in [3.8, 4) is 0 Å². The number of nitrogens with one attached hydrogen (secondary N) is 1. The van der Waals surface area contributed by atoms with E-state index in [0.29, 0.717) is 0 Å². The smallest absolute Gasteiger partial charge is 0.149 e. The lowest BCUT2D eigenvalue weighted by Crippen LogP contribution is -2.26. The molecule has 0 saturated heterocycles. The summed E-state index contributed by atoms with van der Waals surface area (Å²) in [6, 6.07) is 0. The lowest BCUT2D eigenvalue weighted by molar-refractivity contribution is 0.345. The quantitative estimate of drug-likeness (QED) is 0.624. The van der Waals surface area contributed by atoms with Crippen molar-refractivity contribution in [1.82, 2.24) is 10.3 Å². The number of thioether (sulfide) groups is 1. The van der Waals surface area contributed by atoms with Crippen LogP contribution in [0.5, 0.6) is 0 Å². The van der Waals surface area contributed by atoms with Crippen molar-refractivity contribution in [3.63, 3.8) is 0 Å². The van der Waals surface area contributed by atoms with Crippen molar-refractivity contribution in [3.05, 3.63) is 11.6 Å². The van der Waals surface area contributed by atoms with E-state index in [1.807, 2.05) is 23.3 Å². The fraction of sp³-hybridized carbons (Fsp3) is 0.750. The molecule has 1 aromatic rings. The summed E-state index contributed by atoms with van der Waals surface area (Å²) >= 11 is 3.59. The van der Waals surface area contributed by atoms with Crippen LogP contribution in [0, 0.1) is 5.92 Å². The third-order valence-corrected chi connectivity index (χ3v) is 5.04. The van der Waals surface area contributed by atoms with Gasteiger partial charge in [0.1, 0.15) is 4.34 Å². The Hall–Kier alpha value is -0.0600. The Morgan fingerprint density at radius 1 is 1.38 bits per heavy atom. The van der Waals surface area contributed by atoms with Crippen molar-refractivity contribution in [2.45, 2.75) is 36.4 Å². The van der Waals surface area contributed by atoms with E-state index in [1.165, 1.54) is 43.0 Å². The van der Waals surface area contributed by atoms with Gasteiger partial charge in [0.05, 0.1) is 0 Å². The molecular weight excluding hydrogens is 236 g/mol. The Bertz CT molecular complexity index is 269. The molecule has 2 rings (SSSR count). The van der Waals surface area contributed by atoms with Gasteiger partial charge in [0, 0.05) is 23.9 Å². The molecule has 0 aliphatic heterocycles. The molecule has 0 atom stereocenters. The Morgan fingerprint density at radius 2 is 2.25 bits per heavy atom. The van der Waals surface area contributed by atoms with Gasteiger partial charge in [-0.15, -0.1) is 11.3 Å². The number of nitrogens with zero attached hydrogens (tertiary/aromatic N) is 1. The minimum Gasteiger partial charge on any atom is -0.316 e. The first-order valence-corrected chi connectivity index (χ1v) is 8.04. The third-order valence-electron chi connectivity index (χ3n) is 3.07. The second-order valence-electron chi connectivity index (χ2n) is 4.35. The minimum atomic E-state index is 0.943. The van der Waals surface area contributed by atoms with Crippen molar-refractivity contribution >= 4 is 23.1 Å². The first-order valence-electron chi connectivity index (χ1n) is 6.18. The van der Waals surface area contributed by atoms with Crippen LogP contribution in [0.15, 0.2) is 15.9 Å². The molecule has 0 unspecified atom stereocenters. The average Bonchev–Trinajstić information content (AvgIpc) is 2.83. The van der Waals surface area contributed by atoms with Gasteiger partial charge in [-0.25, -0.2) is 4.98 Å². The maximum absolute atomic E-state index is 4.26. The summed E-state index contributed by atoms with van der Waals surface area (Å²) in [6.07, 6.45) is 9.10. The lowest BCUT2D eigenvalue weighted by Gasteiger charge is -2.21. The van der Waals surface area contributed by atoms with E-state index in [9.17, 15) is 0 Å². The second kappa shape index (κ2) is 7.30. The average molecular weight is 256 g/mol. The first kappa shape index (κ1) is 12.4. The molecule has 0 aromatic carbocycles. The van der Waals surface area contributed by atoms with Crippen LogP contribution in [0.2, 0.25) is 0 Å². The highest BCUT2D eigenvalue weighted by Gasteiger charge is 2.12. The molecule has 1 aliphatic carbocycles. The summed E-state index contributed by atoms with van der Waals surface area (Å²) in [6.45, 7) is 2.33. The Kier molecular flexibility index (Phi) is 5.66. The molecule has 16 heavy (non-hydrogen) atoms. The third kappa shape index (κ3) is 4.44. The molecule has 90 valence electrons. The summed E-state index contributed by atoms with van der Waals surface area (Å²) < 4.78 is 1.19. The Morgan fingerprint density at radius 3 is 3.00 bits per heavy atom. The molecule has 1 aliphatic rings. The fourth-order valence-corrected chi connectivity index (χ4v) is 3.79. The van der Waals surface area contributed by atoms with Crippen LogP contribution in [0.4, 0.5) is 0 Å². The number of aromatic nitrogens is 1. The van der Waals surface area contributed by atoms with Gasteiger partial charge in [-0.3, -0.25) is 0 Å². The largest absolute Gasteiger partial charge is 0.316 e. The fourth-order valence-electron chi connectivity index (χ4n) is 2.19. The molecule has 1 saturated carbocycles. The molecule has 1 heterocycles. The van der Waals surface area contributed by atoms with Crippen LogP contribution in [0.1, 0.15) is 32.1 Å². The molecule has 1 aromatic heterocycles. The Balaban J connectivity index is 1.48. The number of hydrogen-bond acceptors (Lipinski definition) is 4. The summed E-state index contributed by atoms with van der Waals surface area (Å²) in [4.78, 5) is 4.26.